The Balaban J connectivity index is 1.89. The van der Waals surface area contributed by atoms with Crippen LogP contribution in [0.25, 0.3) is 22.4 Å². The molecule has 1 atom stereocenters. The number of fused-ring (bicyclic) bond motifs is 1. The number of rotatable bonds is 6. The van der Waals surface area contributed by atoms with Crippen LogP contribution in [0.15, 0.2) is 57.9 Å². The number of benzene rings is 1. The number of halogens is 2. The standard InChI is InChI=1S/C25H21F2N3O4/c1-12-10-15(14(3)29-17-8-5-9-28-20(17)25(32)33)23-16(11-12)21(31)13(2)22(34-23)18-6-4-7-19(30-18)24(26)27/h4-11,14,24,29H,1-3H3,(H,32,33)/t14-/m1/s1. The fraction of sp³-hybridized carbons (Fsp3) is 0.200. The van der Waals surface area contributed by atoms with Gasteiger partial charge in [-0.25, -0.2) is 23.5 Å². The van der Waals surface area contributed by atoms with E-state index >= 15 is 0 Å². The average molecular weight is 465 g/mol. The van der Waals surface area contributed by atoms with Crippen molar-refractivity contribution in [3.8, 4) is 11.5 Å². The fourth-order valence-electron chi connectivity index (χ4n) is 3.84. The number of nitrogens with one attached hydrogen (secondary N) is 1. The second kappa shape index (κ2) is 9.01. The van der Waals surface area contributed by atoms with Gasteiger partial charge >= 0.3 is 5.97 Å². The SMILES string of the molecule is Cc1cc([C@@H](C)Nc2cccnc2C(=O)O)c2oc(-c3cccc(C(F)F)n3)c(C)c(=O)c2c1. The van der Waals surface area contributed by atoms with E-state index in [1.54, 1.807) is 32.0 Å². The molecule has 0 radical (unpaired) electrons. The van der Waals surface area contributed by atoms with Crippen LogP contribution >= 0.6 is 0 Å². The Morgan fingerprint density at radius 3 is 2.62 bits per heavy atom. The Kier molecular flexibility index (Phi) is 6.10. The zero-order valence-corrected chi connectivity index (χ0v) is 18.6. The highest BCUT2D eigenvalue weighted by molar-refractivity contribution is 5.92. The van der Waals surface area contributed by atoms with Gasteiger partial charge in [0.15, 0.2) is 16.9 Å². The van der Waals surface area contributed by atoms with E-state index < -0.39 is 24.1 Å². The first-order chi connectivity index (χ1) is 16.2. The van der Waals surface area contributed by atoms with Crippen molar-refractivity contribution < 1.29 is 23.1 Å². The van der Waals surface area contributed by atoms with E-state index in [4.69, 9.17) is 4.42 Å². The van der Waals surface area contributed by atoms with Crippen LogP contribution in [0.3, 0.4) is 0 Å². The van der Waals surface area contributed by atoms with Gasteiger partial charge in [0, 0.05) is 17.3 Å². The molecule has 9 heteroatoms. The molecule has 7 nitrogen and oxygen atoms in total. The molecule has 0 unspecified atom stereocenters. The summed E-state index contributed by atoms with van der Waals surface area (Å²) in [7, 11) is 0. The summed E-state index contributed by atoms with van der Waals surface area (Å²) in [6.07, 6.45) is -1.38. The van der Waals surface area contributed by atoms with Crippen molar-refractivity contribution in [1.29, 1.82) is 0 Å². The summed E-state index contributed by atoms with van der Waals surface area (Å²) in [4.78, 5) is 32.6. The maximum Gasteiger partial charge on any atom is 0.356 e. The van der Waals surface area contributed by atoms with E-state index in [1.165, 1.54) is 24.4 Å². The Labute approximate surface area is 193 Å². The number of anilines is 1. The minimum Gasteiger partial charge on any atom is -0.476 e. The molecule has 3 aromatic heterocycles. The van der Waals surface area contributed by atoms with Crippen molar-refractivity contribution >= 4 is 22.6 Å². The number of hydrogen-bond donors (Lipinski definition) is 2. The van der Waals surface area contributed by atoms with Crippen molar-refractivity contribution in [2.75, 3.05) is 5.32 Å². The smallest absolute Gasteiger partial charge is 0.356 e. The van der Waals surface area contributed by atoms with Crippen LogP contribution in [0.2, 0.25) is 0 Å². The van der Waals surface area contributed by atoms with Gasteiger partial charge in [0.25, 0.3) is 6.43 Å². The molecule has 1 aromatic carbocycles. The Hall–Kier alpha value is -4.14. The molecule has 0 aliphatic rings. The maximum atomic E-state index is 13.2. The highest BCUT2D eigenvalue weighted by Crippen LogP contribution is 2.32. The van der Waals surface area contributed by atoms with E-state index in [0.717, 1.165) is 5.56 Å². The van der Waals surface area contributed by atoms with Crippen molar-refractivity contribution in [2.24, 2.45) is 0 Å². The van der Waals surface area contributed by atoms with Crippen molar-refractivity contribution in [1.82, 2.24) is 9.97 Å². The molecule has 0 amide bonds. The second-order valence-corrected chi connectivity index (χ2v) is 7.94. The number of alkyl halides is 2. The quantitative estimate of drug-likeness (QED) is 0.378. The van der Waals surface area contributed by atoms with Crippen LogP contribution in [-0.4, -0.2) is 21.0 Å². The lowest BCUT2D eigenvalue weighted by molar-refractivity contribution is 0.0691. The van der Waals surface area contributed by atoms with Crippen LogP contribution in [0.5, 0.6) is 0 Å². The zero-order chi connectivity index (χ0) is 24.6. The molecule has 34 heavy (non-hydrogen) atoms. The van der Waals surface area contributed by atoms with E-state index in [0.29, 0.717) is 16.6 Å². The van der Waals surface area contributed by atoms with Crippen LogP contribution < -0.4 is 10.7 Å². The number of carboxylic acid groups (broad SMARTS) is 1. The lowest BCUT2D eigenvalue weighted by Gasteiger charge is -2.19. The Bertz CT molecular complexity index is 1470. The van der Waals surface area contributed by atoms with Gasteiger partial charge in [-0.15, -0.1) is 0 Å². The molecule has 3 heterocycles. The van der Waals surface area contributed by atoms with E-state index in [2.05, 4.69) is 15.3 Å². The molecule has 0 fully saturated rings. The van der Waals surface area contributed by atoms with Crippen LogP contribution in [0.1, 0.15) is 52.3 Å². The van der Waals surface area contributed by atoms with Crippen molar-refractivity contribution in [3.05, 3.63) is 87.0 Å². The third-order valence-corrected chi connectivity index (χ3v) is 5.47. The fourth-order valence-corrected chi connectivity index (χ4v) is 3.84. The van der Waals surface area contributed by atoms with E-state index in [-0.39, 0.29) is 33.7 Å². The summed E-state index contributed by atoms with van der Waals surface area (Å²) in [6.45, 7) is 5.19. The summed E-state index contributed by atoms with van der Waals surface area (Å²) in [5.41, 5.74) is 1.49. The monoisotopic (exact) mass is 465 g/mol. The molecular weight excluding hydrogens is 444 g/mol. The summed E-state index contributed by atoms with van der Waals surface area (Å²) < 4.78 is 32.5. The summed E-state index contributed by atoms with van der Waals surface area (Å²) in [5, 5.41) is 12.9. The predicted octanol–water partition coefficient (Wildman–Crippen LogP) is 5.68. The molecule has 4 rings (SSSR count). The van der Waals surface area contributed by atoms with Gasteiger partial charge in [0.1, 0.15) is 17.0 Å². The van der Waals surface area contributed by atoms with Gasteiger partial charge < -0.3 is 14.8 Å². The van der Waals surface area contributed by atoms with Gasteiger partial charge in [-0.3, -0.25) is 4.79 Å². The molecule has 0 spiro atoms. The normalized spacial score (nSPS) is 12.2. The molecule has 174 valence electrons. The molecule has 2 N–H and O–H groups in total. The number of carboxylic acids is 1. The first-order valence-electron chi connectivity index (χ1n) is 10.5. The van der Waals surface area contributed by atoms with Crippen LogP contribution in [-0.2, 0) is 0 Å². The minimum atomic E-state index is -2.77. The van der Waals surface area contributed by atoms with Crippen molar-refractivity contribution in [3.63, 3.8) is 0 Å². The third-order valence-electron chi connectivity index (χ3n) is 5.47. The minimum absolute atomic E-state index is 0.102. The number of aromatic carboxylic acids is 1. The largest absolute Gasteiger partial charge is 0.476 e. The lowest BCUT2D eigenvalue weighted by Crippen LogP contribution is -2.14. The highest BCUT2D eigenvalue weighted by Gasteiger charge is 2.21. The highest BCUT2D eigenvalue weighted by atomic mass is 19.3. The first-order valence-corrected chi connectivity index (χ1v) is 10.5. The second-order valence-electron chi connectivity index (χ2n) is 7.94. The van der Waals surface area contributed by atoms with Crippen LogP contribution in [0, 0.1) is 13.8 Å². The molecule has 4 aromatic rings. The lowest BCUT2D eigenvalue weighted by atomic mass is 9.99. The number of carbonyl (C=O) groups is 1. The van der Waals surface area contributed by atoms with Gasteiger partial charge in [0.05, 0.1) is 17.1 Å². The number of aromatic nitrogens is 2. The van der Waals surface area contributed by atoms with Gasteiger partial charge in [-0.2, -0.15) is 0 Å². The summed E-state index contributed by atoms with van der Waals surface area (Å²) >= 11 is 0. The maximum absolute atomic E-state index is 13.2. The Morgan fingerprint density at radius 1 is 1.15 bits per heavy atom. The van der Waals surface area contributed by atoms with Gasteiger partial charge in [-0.05, 0) is 56.7 Å². The van der Waals surface area contributed by atoms with E-state index in [1.807, 2.05) is 13.0 Å². The van der Waals surface area contributed by atoms with Crippen LogP contribution in [0.4, 0.5) is 14.5 Å². The number of hydrogen-bond acceptors (Lipinski definition) is 6. The third kappa shape index (κ3) is 4.24. The Morgan fingerprint density at radius 2 is 1.91 bits per heavy atom. The van der Waals surface area contributed by atoms with Crippen molar-refractivity contribution in [2.45, 2.75) is 33.2 Å². The molecule has 0 bridgehead atoms. The van der Waals surface area contributed by atoms with Gasteiger partial charge in [-0.1, -0.05) is 12.1 Å². The zero-order valence-electron chi connectivity index (χ0n) is 18.6. The molecule has 0 aliphatic heterocycles. The van der Waals surface area contributed by atoms with E-state index in [9.17, 15) is 23.5 Å². The number of pyridine rings is 2. The average Bonchev–Trinajstić information content (AvgIpc) is 2.81. The molecule has 0 aliphatic carbocycles. The predicted molar refractivity (Wildman–Crippen MR) is 123 cm³/mol. The summed E-state index contributed by atoms with van der Waals surface area (Å²) in [6, 6.07) is 10.4. The molecule has 0 saturated carbocycles. The molecule has 0 saturated heterocycles. The number of nitrogens with zero attached hydrogens (tertiary/aromatic N) is 2. The first kappa shape index (κ1) is 23.0. The van der Waals surface area contributed by atoms with Gasteiger partial charge in [0.2, 0.25) is 0 Å². The topological polar surface area (TPSA) is 105 Å². The molecular formula is C25H21F2N3O4. The summed E-state index contributed by atoms with van der Waals surface area (Å²) in [5.74, 6) is -1.08. The number of aryl methyl sites for hydroxylation is 1.